The normalized spacial score (nSPS) is 10.9. The number of ether oxygens (including phenoxy) is 2. The second-order valence-corrected chi connectivity index (χ2v) is 7.51. The third kappa shape index (κ3) is 6.19. The van der Waals surface area contributed by atoms with Crippen LogP contribution in [0.4, 0.5) is 10.1 Å². The summed E-state index contributed by atoms with van der Waals surface area (Å²) in [6.45, 7) is 2.47. The molecule has 0 radical (unpaired) electrons. The Labute approximate surface area is 194 Å². The number of carbonyl (C=O) groups excluding carboxylic acids is 1. The van der Waals surface area contributed by atoms with E-state index in [1.165, 1.54) is 18.2 Å². The van der Waals surface area contributed by atoms with Crippen LogP contribution in [0.3, 0.4) is 0 Å². The highest BCUT2D eigenvalue weighted by atomic mass is 79.9. The van der Waals surface area contributed by atoms with Gasteiger partial charge < -0.3 is 14.8 Å². The molecule has 0 aliphatic rings. The Kier molecular flexibility index (Phi) is 8.01. The van der Waals surface area contributed by atoms with Crippen molar-refractivity contribution in [3.8, 4) is 17.6 Å². The van der Waals surface area contributed by atoms with Gasteiger partial charge >= 0.3 is 0 Å². The number of nitrogens with one attached hydrogen (secondary N) is 1. The molecule has 32 heavy (non-hydrogen) atoms. The van der Waals surface area contributed by atoms with E-state index in [1.807, 2.05) is 19.1 Å². The van der Waals surface area contributed by atoms with Gasteiger partial charge in [-0.3, -0.25) is 4.79 Å². The molecule has 3 rings (SSSR count). The van der Waals surface area contributed by atoms with Gasteiger partial charge in [-0.15, -0.1) is 0 Å². The molecular weight excluding hydrogens is 475 g/mol. The number of hydrogen-bond donors (Lipinski definition) is 1. The lowest BCUT2D eigenvalue weighted by Gasteiger charge is -2.14. The standard InChI is InChI=1S/C25H20BrFN2O3/c1-2-31-23-13-18(12-19(15-28)25(30)29-21-6-4-3-5-7-21)22(26)14-24(23)32-16-17-8-10-20(27)11-9-17/h3-14H,2,16H2,1H3,(H,29,30)/b19-12+. The molecule has 0 fully saturated rings. The van der Waals surface area contributed by atoms with Crippen LogP contribution in [-0.4, -0.2) is 12.5 Å². The van der Waals surface area contributed by atoms with Gasteiger partial charge in [0, 0.05) is 10.2 Å². The van der Waals surface area contributed by atoms with Crippen molar-refractivity contribution in [2.45, 2.75) is 13.5 Å². The van der Waals surface area contributed by atoms with E-state index in [2.05, 4.69) is 21.2 Å². The van der Waals surface area contributed by atoms with Crippen LogP contribution in [0.1, 0.15) is 18.1 Å². The molecule has 0 heterocycles. The van der Waals surface area contributed by atoms with Gasteiger partial charge in [-0.05, 0) is 60.5 Å². The smallest absolute Gasteiger partial charge is 0.266 e. The molecule has 0 unspecified atom stereocenters. The molecule has 1 amide bonds. The minimum Gasteiger partial charge on any atom is -0.490 e. The van der Waals surface area contributed by atoms with Crippen LogP contribution in [0, 0.1) is 17.1 Å². The SMILES string of the molecule is CCOc1cc(/C=C(\C#N)C(=O)Nc2ccccc2)c(Br)cc1OCc1ccc(F)cc1. The van der Waals surface area contributed by atoms with Crippen LogP contribution in [0.25, 0.3) is 6.08 Å². The van der Waals surface area contributed by atoms with Crippen LogP contribution in [0.15, 0.2) is 76.8 Å². The largest absolute Gasteiger partial charge is 0.490 e. The lowest BCUT2D eigenvalue weighted by atomic mass is 10.1. The molecule has 0 spiro atoms. The summed E-state index contributed by atoms with van der Waals surface area (Å²) < 4.78 is 25.3. The molecule has 0 atom stereocenters. The molecule has 3 aromatic rings. The number of rotatable bonds is 8. The highest BCUT2D eigenvalue weighted by molar-refractivity contribution is 9.10. The summed E-state index contributed by atoms with van der Waals surface area (Å²) in [5.41, 5.74) is 1.93. The van der Waals surface area contributed by atoms with E-state index in [9.17, 15) is 14.4 Å². The fraction of sp³-hybridized carbons (Fsp3) is 0.120. The van der Waals surface area contributed by atoms with Gasteiger partial charge in [0.05, 0.1) is 6.61 Å². The Hall–Kier alpha value is -3.63. The number of carbonyl (C=O) groups is 1. The van der Waals surface area contributed by atoms with E-state index < -0.39 is 5.91 Å². The number of nitrogens with zero attached hydrogens (tertiary/aromatic N) is 1. The Morgan fingerprint density at radius 3 is 2.44 bits per heavy atom. The molecule has 0 aromatic heterocycles. The number of benzene rings is 3. The van der Waals surface area contributed by atoms with E-state index in [-0.39, 0.29) is 18.0 Å². The van der Waals surface area contributed by atoms with Crippen molar-refractivity contribution < 1.29 is 18.7 Å². The zero-order valence-electron chi connectivity index (χ0n) is 17.3. The van der Waals surface area contributed by atoms with Gasteiger partial charge in [-0.2, -0.15) is 5.26 Å². The fourth-order valence-corrected chi connectivity index (χ4v) is 3.25. The third-order valence-electron chi connectivity index (χ3n) is 4.37. The molecule has 0 bridgehead atoms. The lowest BCUT2D eigenvalue weighted by molar-refractivity contribution is -0.112. The van der Waals surface area contributed by atoms with Gasteiger partial charge in [0.1, 0.15) is 24.1 Å². The summed E-state index contributed by atoms with van der Waals surface area (Å²) in [6, 6.07) is 20.3. The maximum atomic E-state index is 13.1. The van der Waals surface area contributed by atoms with Crippen molar-refractivity contribution in [3.05, 3.63) is 93.7 Å². The second-order valence-electron chi connectivity index (χ2n) is 6.66. The molecular formula is C25H20BrFN2O3. The number of anilines is 1. The van der Waals surface area contributed by atoms with Crippen molar-refractivity contribution in [3.63, 3.8) is 0 Å². The maximum absolute atomic E-state index is 13.1. The number of amides is 1. The Morgan fingerprint density at radius 2 is 1.78 bits per heavy atom. The monoisotopic (exact) mass is 494 g/mol. The van der Waals surface area contributed by atoms with E-state index in [0.29, 0.717) is 33.8 Å². The zero-order chi connectivity index (χ0) is 22.9. The summed E-state index contributed by atoms with van der Waals surface area (Å²) in [5, 5.41) is 12.2. The first-order valence-electron chi connectivity index (χ1n) is 9.82. The van der Waals surface area contributed by atoms with Crippen LogP contribution < -0.4 is 14.8 Å². The number of hydrogen-bond acceptors (Lipinski definition) is 4. The molecule has 0 saturated heterocycles. The summed E-state index contributed by atoms with van der Waals surface area (Å²) in [4.78, 5) is 12.5. The molecule has 162 valence electrons. The van der Waals surface area contributed by atoms with Crippen molar-refractivity contribution in [1.29, 1.82) is 5.26 Å². The minimum absolute atomic E-state index is 0.0583. The minimum atomic E-state index is -0.514. The highest BCUT2D eigenvalue weighted by Crippen LogP contribution is 2.35. The second kappa shape index (κ2) is 11.1. The van der Waals surface area contributed by atoms with Crippen molar-refractivity contribution in [1.82, 2.24) is 0 Å². The average Bonchev–Trinajstić information content (AvgIpc) is 2.80. The van der Waals surface area contributed by atoms with Gasteiger partial charge in [0.25, 0.3) is 5.91 Å². The summed E-state index contributed by atoms with van der Waals surface area (Å²) in [5.74, 6) is 0.115. The van der Waals surface area contributed by atoms with Crippen LogP contribution in [-0.2, 0) is 11.4 Å². The molecule has 0 aliphatic heterocycles. The predicted molar refractivity (Wildman–Crippen MR) is 125 cm³/mol. The summed E-state index contributed by atoms with van der Waals surface area (Å²) in [7, 11) is 0. The Balaban J connectivity index is 1.84. The topological polar surface area (TPSA) is 71.3 Å². The molecule has 0 aliphatic carbocycles. The fourth-order valence-electron chi connectivity index (χ4n) is 2.81. The summed E-state index contributed by atoms with van der Waals surface area (Å²) >= 11 is 3.47. The molecule has 0 saturated carbocycles. The Morgan fingerprint density at radius 1 is 1.09 bits per heavy atom. The van der Waals surface area contributed by atoms with E-state index in [4.69, 9.17) is 9.47 Å². The van der Waals surface area contributed by atoms with Crippen molar-refractivity contribution >= 4 is 33.6 Å². The van der Waals surface area contributed by atoms with Gasteiger partial charge in [-0.1, -0.05) is 46.3 Å². The van der Waals surface area contributed by atoms with Crippen LogP contribution in [0.2, 0.25) is 0 Å². The maximum Gasteiger partial charge on any atom is 0.266 e. The van der Waals surface area contributed by atoms with Crippen LogP contribution in [0.5, 0.6) is 11.5 Å². The highest BCUT2D eigenvalue weighted by Gasteiger charge is 2.14. The lowest BCUT2D eigenvalue weighted by Crippen LogP contribution is -2.13. The number of nitriles is 1. The molecule has 5 nitrogen and oxygen atoms in total. The van der Waals surface area contributed by atoms with Crippen LogP contribution >= 0.6 is 15.9 Å². The third-order valence-corrected chi connectivity index (χ3v) is 5.05. The number of para-hydroxylation sites is 1. The first kappa shape index (κ1) is 23.0. The zero-order valence-corrected chi connectivity index (χ0v) is 18.9. The molecule has 1 N–H and O–H groups in total. The summed E-state index contributed by atoms with van der Waals surface area (Å²) in [6.07, 6.45) is 1.48. The van der Waals surface area contributed by atoms with E-state index >= 15 is 0 Å². The van der Waals surface area contributed by atoms with Gasteiger partial charge in [-0.25, -0.2) is 4.39 Å². The Bertz CT molecular complexity index is 1160. The van der Waals surface area contributed by atoms with Crippen molar-refractivity contribution in [2.24, 2.45) is 0 Å². The average molecular weight is 495 g/mol. The number of halogens is 2. The van der Waals surface area contributed by atoms with Crippen molar-refractivity contribution in [2.75, 3.05) is 11.9 Å². The van der Waals surface area contributed by atoms with Gasteiger partial charge in [0.15, 0.2) is 11.5 Å². The molecule has 3 aromatic carbocycles. The quantitative estimate of drug-likeness (QED) is 0.302. The van der Waals surface area contributed by atoms with E-state index in [1.54, 1.807) is 48.5 Å². The molecule has 7 heteroatoms. The van der Waals surface area contributed by atoms with Gasteiger partial charge in [0.2, 0.25) is 0 Å². The first-order chi connectivity index (χ1) is 15.5. The predicted octanol–water partition coefficient (Wildman–Crippen LogP) is 6.11. The van der Waals surface area contributed by atoms with E-state index in [0.717, 1.165) is 5.56 Å². The first-order valence-corrected chi connectivity index (χ1v) is 10.6.